The van der Waals surface area contributed by atoms with Gasteiger partial charge in [-0.15, -0.1) is 0 Å². The van der Waals surface area contributed by atoms with E-state index in [1.807, 2.05) is 27.7 Å². The highest BCUT2D eigenvalue weighted by molar-refractivity contribution is 7.90. The molecule has 1 aromatic carbocycles. The van der Waals surface area contributed by atoms with Gasteiger partial charge in [0.2, 0.25) is 0 Å². The van der Waals surface area contributed by atoms with Gasteiger partial charge >= 0.3 is 0 Å². The van der Waals surface area contributed by atoms with Crippen molar-refractivity contribution < 1.29 is 17.3 Å². The number of sulfone groups is 1. The van der Waals surface area contributed by atoms with Crippen molar-refractivity contribution in [2.45, 2.75) is 44.7 Å². The van der Waals surface area contributed by atoms with Crippen molar-refractivity contribution in [3.8, 4) is 0 Å². The molecule has 126 valence electrons. The maximum absolute atomic E-state index is 14.0. The molecule has 23 heavy (non-hydrogen) atoms. The van der Waals surface area contributed by atoms with Gasteiger partial charge in [0.05, 0.1) is 5.69 Å². The van der Waals surface area contributed by atoms with Crippen LogP contribution in [0, 0.1) is 19.7 Å². The number of aromatic nitrogens is 1. The Kier molecular flexibility index (Phi) is 4.91. The van der Waals surface area contributed by atoms with Crippen LogP contribution in [-0.2, 0) is 9.84 Å². The standard InChI is InChI=1S/C16H21FN2O3S/c1-9(18-10(2)16-11(3)19-22-12(16)4)13-6-7-15(14(17)8-13)23(5,20)21/h6-10,18H,1-5H3/t9-,10+/m0/s1. The Morgan fingerprint density at radius 2 is 1.87 bits per heavy atom. The molecule has 5 nitrogen and oxygen atoms in total. The summed E-state index contributed by atoms with van der Waals surface area (Å²) in [5.41, 5.74) is 2.46. The van der Waals surface area contributed by atoms with Gasteiger partial charge in [-0.25, -0.2) is 12.8 Å². The van der Waals surface area contributed by atoms with E-state index < -0.39 is 15.7 Å². The van der Waals surface area contributed by atoms with Crippen molar-refractivity contribution in [2.24, 2.45) is 0 Å². The summed E-state index contributed by atoms with van der Waals surface area (Å²) in [6.07, 6.45) is 0.992. The smallest absolute Gasteiger partial charge is 0.178 e. The second-order valence-corrected chi connectivity index (χ2v) is 7.79. The van der Waals surface area contributed by atoms with Crippen LogP contribution in [0.4, 0.5) is 4.39 Å². The number of rotatable bonds is 5. The van der Waals surface area contributed by atoms with Gasteiger partial charge in [-0.1, -0.05) is 11.2 Å². The fourth-order valence-electron chi connectivity index (χ4n) is 2.75. The SMILES string of the molecule is Cc1noc(C)c1[C@@H](C)N[C@@H](C)c1ccc(S(C)(=O)=O)c(F)c1. The van der Waals surface area contributed by atoms with Crippen LogP contribution >= 0.6 is 0 Å². The predicted molar refractivity (Wildman–Crippen MR) is 85.5 cm³/mol. The van der Waals surface area contributed by atoms with E-state index in [1.54, 1.807) is 6.07 Å². The van der Waals surface area contributed by atoms with E-state index >= 15 is 0 Å². The highest BCUT2D eigenvalue weighted by Gasteiger charge is 2.20. The molecule has 0 spiro atoms. The number of nitrogens with zero attached hydrogens (tertiary/aromatic N) is 1. The predicted octanol–water partition coefficient (Wildman–Crippen LogP) is 3.25. The molecule has 2 rings (SSSR count). The van der Waals surface area contributed by atoms with Gasteiger partial charge in [0.25, 0.3) is 0 Å². The van der Waals surface area contributed by atoms with Gasteiger partial charge in [-0.3, -0.25) is 0 Å². The average Bonchev–Trinajstić information content (AvgIpc) is 2.76. The fraction of sp³-hybridized carbons (Fsp3) is 0.438. The van der Waals surface area contributed by atoms with Crippen LogP contribution in [0.5, 0.6) is 0 Å². The van der Waals surface area contributed by atoms with E-state index in [-0.39, 0.29) is 17.0 Å². The molecule has 0 aliphatic carbocycles. The van der Waals surface area contributed by atoms with Crippen molar-refractivity contribution in [1.29, 1.82) is 0 Å². The first-order valence-electron chi connectivity index (χ1n) is 7.29. The molecule has 1 N–H and O–H groups in total. The number of hydrogen-bond acceptors (Lipinski definition) is 5. The highest BCUT2D eigenvalue weighted by atomic mass is 32.2. The number of hydrogen-bond donors (Lipinski definition) is 1. The molecule has 2 atom stereocenters. The highest BCUT2D eigenvalue weighted by Crippen LogP contribution is 2.26. The summed E-state index contributed by atoms with van der Waals surface area (Å²) in [6, 6.07) is 3.99. The third-order valence-corrected chi connectivity index (χ3v) is 5.01. The van der Waals surface area contributed by atoms with E-state index in [4.69, 9.17) is 4.52 Å². The number of aryl methyl sites for hydroxylation is 2. The molecule has 1 heterocycles. The van der Waals surface area contributed by atoms with E-state index in [2.05, 4.69) is 10.5 Å². The van der Waals surface area contributed by atoms with Crippen LogP contribution in [-0.4, -0.2) is 19.8 Å². The summed E-state index contributed by atoms with van der Waals surface area (Å²) < 4.78 is 42.1. The summed E-state index contributed by atoms with van der Waals surface area (Å²) in [4.78, 5) is -0.285. The van der Waals surface area contributed by atoms with Crippen molar-refractivity contribution in [3.05, 3.63) is 46.6 Å². The number of halogens is 1. The molecule has 0 saturated heterocycles. The molecule has 0 bridgehead atoms. The molecule has 1 aromatic heterocycles. The lowest BCUT2D eigenvalue weighted by Gasteiger charge is -2.21. The Hall–Kier alpha value is -1.73. The summed E-state index contributed by atoms with van der Waals surface area (Å²) in [5, 5.41) is 7.28. The molecule has 0 radical (unpaired) electrons. The molecule has 0 aliphatic rings. The monoisotopic (exact) mass is 340 g/mol. The van der Waals surface area contributed by atoms with Crippen molar-refractivity contribution in [3.63, 3.8) is 0 Å². The first-order valence-corrected chi connectivity index (χ1v) is 9.18. The molecular weight excluding hydrogens is 319 g/mol. The number of nitrogens with one attached hydrogen (secondary N) is 1. The van der Waals surface area contributed by atoms with E-state index in [9.17, 15) is 12.8 Å². The Labute approximate surface area is 135 Å². The van der Waals surface area contributed by atoms with E-state index in [0.29, 0.717) is 5.56 Å². The minimum atomic E-state index is -3.56. The molecular formula is C16H21FN2O3S. The van der Waals surface area contributed by atoms with Crippen molar-refractivity contribution in [1.82, 2.24) is 10.5 Å². The topological polar surface area (TPSA) is 72.2 Å². The first kappa shape index (κ1) is 17.6. The first-order chi connectivity index (χ1) is 10.6. The lowest BCUT2D eigenvalue weighted by Crippen LogP contribution is -2.23. The quantitative estimate of drug-likeness (QED) is 0.904. The zero-order valence-electron chi connectivity index (χ0n) is 13.8. The Morgan fingerprint density at radius 1 is 1.22 bits per heavy atom. The Bertz CT molecular complexity index is 795. The molecule has 0 amide bonds. The molecule has 0 fully saturated rings. The second kappa shape index (κ2) is 6.41. The third kappa shape index (κ3) is 3.79. The minimum absolute atomic E-state index is 0.0334. The van der Waals surface area contributed by atoms with Gasteiger partial charge in [0, 0.05) is 23.9 Å². The van der Waals surface area contributed by atoms with Gasteiger partial charge in [-0.2, -0.15) is 0 Å². The Morgan fingerprint density at radius 3 is 2.35 bits per heavy atom. The van der Waals surface area contributed by atoms with Crippen molar-refractivity contribution in [2.75, 3.05) is 6.26 Å². The van der Waals surface area contributed by atoms with E-state index in [1.165, 1.54) is 12.1 Å². The average molecular weight is 340 g/mol. The number of benzene rings is 1. The van der Waals surface area contributed by atoms with Gasteiger partial charge in [0.1, 0.15) is 16.5 Å². The maximum Gasteiger partial charge on any atom is 0.178 e. The molecule has 0 aliphatic heterocycles. The summed E-state index contributed by atoms with van der Waals surface area (Å²) in [5.74, 6) is 0.0111. The van der Waals surface area contributed by atoms with Gasteiger partial charge < -0.3 is 9.84 Å². The van der Waals surface area contributed by atoms with Crippen LogP contribution < -0.4 is 5.32 Å². The van der Waals surface area contributed by atoms with Crippen LogP contribution in [0.25, 0.3) is 0 Å². The molecule has 0 saturated carbocycles. The molecule has 2 aromatic rings. The van der Waals surface area contributed by atoms with Crippen LogP contribution in [0.1, 0.15) is 48.5 Å². The summed E-state index contributed by atoms with van der Waals surface area (Å²) in [7, 11) is -3.56. The Balaban J connectivity index is 2.21. The zero-order valence-corrected chi connectivity index (χ0v) is 14.7. The third-order valence-electron chi connectivity index (χ3n) is 3.88. The second-order valence-electron chi connectivity index (χ2n) is 5.81. The minimum Gasteiger partial charge on any atom is -0.361 e. The van der Waals surface area contributed by atoms with Crippen molar-refractivity contribution >= 4 is 9.84 Å². The fourth-order valence-corrected chi connectivity index (χ4v) is 3.48. The van der Waals surface area contributed by atoms with Gasteiger partial charge in [0.15, 0.2) is 9.84 Å². The van der Waals surface area contributed by atoms with Gasteiger partial charge in [-0.05, 0) is 45.4 Å². The summed E-state index contributed by atoms with van der Waals surface area (Å²) >= 11 is 0. The summed E-state index contributed by atoms with van der Waals surface area (Å²) in [6.45, 7) is 7.59. The maximum atomic E-state index is 14.0. The lowest BCUT2D eigenvalue weighted by atomic mass is 10.0. The molecule has 0 unspecified atom stereocenters. The molecule has 7 heteroatoms. The lowest BCUT2D eigenvalue weighted by molar-refractivity contribution is 0.389. The van der Waals surface area contributed by atoms with E-state index in [0.717, 1.165) is 23.3 Å². The zero-order chi connectivity index (χ0) is 17.4. The largest absolute Gasteiger partial charge is 0.361 e. The van der Waals surface area contributed by atoms with Crippen LogP contribution in [0.2, 0.25) is 0 Å². The normalized spacial score (nSPS) is 14.7. The van der Waals surface area contributed by atoms with Crippen LogP contribution in [0.15, 0.2) is 27.6 Å². The van der Waals surface area contributed by atoms with Crippen LogP contribution in [0.3, 0.4) is 0 Å².